The summed E-state index contributed by atoms with van der Waals surface area (Å²) in [5, 5.41) is 9.10. The molecule has 7 heteroatoms. The SMILES string of the molecule is CC(C)N(CCCC(=O)O)S(=O)(=O)c1ccc(Cl)cc1. The molecule has 20 heavy (non-hydrogen) atoms. The van der Waals surface area contributed by atoms with E-state index in [4.69, 9.17) is 16.7 Å². The number of sulfonamides is 1. The van der Waals surface area contributed by atoms with E-state index in [1.807, 2.05) is 0 Å². The van der Waals surface area contributed by atoms with Gasteiger partial charge in [-0.3, -0.25) is 4.79 Å². The highest BCUT2D eigenvalue weighted by Crippen LogP contribution is 2.20. The van der Waals surface area contributed by atoms with Crippen molar-refractivity contribution < 1.29 is 18.3 Å². The number of benzene rings is 1. The highest BCUT2D eigenvalue weighted by Gasteiger charge is 2.26. The van der Waals surface area contributed by atoms with Crippen molar-refractivity contribution in [1.29, 1.82) is 0 Å². The number of hydrogen-bond donors (Lipinski definition) is 1. The van der Waals surface area contributed by atoms with Crippen molar-refractivity contribution in [1.82, 2.24) is 4.31 Å². The van der Waals surface area contributed by atoms with E-state index < -0.39 is 16.0 Å². The Morgan fingerprint density at radius 3 is 2.30 bits per heavy atom. The van der Waals surface area contributed by atoms with E-state index in [0.717, 1.165) is 0 Å². The molecule has 0 spiro atoms. The fraction of sp³-hybridized carbons (Fsp3) is 0.462. The van der Waals surface area contributed by atoms with Gasteiger partial charge in [-0.1, -0.05) is 11.6 Å². The van der Waals surface area contributed by atoms with Gasteiger partial charge in [-0.05, 0) is 44.5 Å². The van der Waals surface area contributed by atoms with Crippen LogP contribution >= 0.6 is 11.6 Å². The standard InChI is InChI=1S/C13H18ClNO4S/c1-10(2)15(9-3-4-13(16)17)20(18,19)12-7-5-11(14)6-8-12/h5-8,10H,3-4,9H2,1-2H3,(H,16,17). The largest absolute Gasteiger partial charge is 0.481 e. The maximum atomic E-state index is 12.5. The van der Waals surface area contributed by atoms with Gasteiger partial charge in [-0.2, -0.15) is 4.31 Å². The summed E-state index contributed by atoms with van der Waals surface area (Å²) in [6.45, 7) is 3.69. The Morgan fingerprint density at radius 1 is 1.30 bits per heavy atom. The third-order valence-electron chi connectivity index (χ3n) is 2.77. The summed E-state index contributed by atoms with van der Waals surface area (Å²) in [5.74, 6) is -0.933. The lowest BCUT2D eigenvalue weighted by molar-refractivity contribution is -0.137. The van der Waals surface area contributed by atoms with Gasteiger partial charge >= 0.3 is 5.97 Å². The summed E-state index contributed by atoms with van der Waals surface area (Å²) in [7, 11) is -3.63. The van der Waals surface area contributed by atoms with Crippen molar-refractivity contribution in [3.05, 3.63) is 29.3 Å². The van der Waals surface area contributed by atoms with Crippen LogP contribution in [0.1, 0.15) is 26.7 Å². The van der Waals surface area contributed by atoms with E-state index >= 15 is 0 Å². The van der Waals surface area contributed by atoms with Crippen LogP contribution in [0.25, 0.3) is 0 Å². The zero-order valence-corrected chi connectivity index (χ0v) is 13.0. The molecule has 1 aromatic carbocycles. The molecule has 0 aliphatic rings. The summed E-state index contributed by atoms with van der Waals surface area (Å²) >= 11 is 5.75. The fourth-order valence-corrected chi connectivity index (χ4v) is 3.59. The molecule has 0 saturated heterocycles. The predicted octanol–water partition coefficient (Wildman–Crippen LogP) is 2.60. The molecular weight excluding hydrogens is 302 g/mol. The Kier molecular flexibility index (Phi) is 5.98. The second-order valence-corrected chi connectivity index (χ2v) is 6.99. The molecule has 0 atom stereocenters. The Balaban J connectivity index is 2.94. The Morgan fingerprint density at radius 2 is 1.85 bits per heavy atom. The minimum absolute atomic E-state index is 0.0562. The molecule has 112 valence electrons. The van der Waals surface area contributed by atoms with Gasteiger partial charge in [0.2, 0.25) is 10.0 Å². The summed E-state index contributed by atoms with van der Waals surface area (Å²) in [6.07, 6.45) is 0.222. The van der Waals surface area contributed by atoms with Gasteiger partial charge in [0, 0.05) is 24.0 Å². The predicted molar refractivity (Wildman–Crippen MR) is 77.3 cm³/mol. The molecule has 0 aliphatic carbocycles. The van der Waals surface area contributed by atoms with Crippen molar-refractivity contribution in [3.63, 3.8) is 0 Å². The van der Waals surface area contributed by atoms with Gasteiger partial charge in [0.05, 0.1) is 4.90 Å². The normalized spacial score (nSPS) is 12.1. The lowest BCUT2D eigenvalue weighted by Gasteiger charge is -2.25. The van der Waals surface area contributed by atoms with E-state index in [2.05, 4.69) is 0 Å². The van der Waals surface area contributed by atoms with Crippen LogP contribution in [-0.4, -0.2) is 36.4 Å². The maximum Gasteiger partial charge on any atom is 0.303 e. The third kappa shape index (κ3) is 4.47. The maximum absolute atomic E-state index is 12.5. The van der Waals surface area contributed by atoms with Gasteiger partial charge in [0.15, 0.2) is 0 Å². The molecule has 0 radical (unpaired) electrons. The number of carbonyl (C=O) groups is 1. The van der Waals surface area contributed by atoms with Crippen LogP contribution in [0.5, 0.6) is 0 Å². The Hall–Kier alpha value is -1.11. The monoisotopic (exact) mass is 319 g/mol. The third-order valence-corrected chi connectivity index (χ3v) is 5.11. The van der Waals surface area contributed by atoms with Crippen molar-refractivity contribution >= 4 is 27.6 Å². The topological polar surface area (TPSA) is 74.7 Å². The van der Waals surface area contributed by atoms with Crippen LogP contribution in [0.4, 0.5) is 0 Å². The first-order valence-corrected chi connectivity index (χ1v) is 8.06. The van der Waals surface area contributed by atoms with Gasteiger partial charge in [0.25, 0.3) is 0 Å². The van der Waals surface area contributed by atoms with Gasteiger partial charge < -0.3 is 5.11 Å². The van der Waals surface area contributed by atoms with Gasteiger partial charge in [-0.15, -0.1) is 0 Å². The van der Waals surface area contributed by atoms with Crippen LogP contribution in [0, 0.1) is 0 Å². The molecular formula is C13H18ClNO4S. The number of rotatable bonds is 7. The molecule has 0 fully saturated rings. The zero-order valence-electron chi connectivity index (χ0n) is 11.4. The highest BCUT2D eigenvalue weighted by molar-refractivity contribution is 7.89. The van der Waals surface area contributed by atoms with E-state index in [1.165, 1.54) is 28.6 Å². The van der Waals surface area contributed by atoms with Crippen LogP contribution in [0.2, 0.25) is 5.02 Å². The van der Waals surface area contributed by atoms with Gasteiger partial charge in [0.1, 0.15) is 0 Å². The number of hydrogen-bond acceptors (Lipinski definition) is 3. The van der Waals surface area contributed by atoms with Crippen molar-refractivity contribution in [3.8, 4) is 0 Å². The summed E-state index contributed by atoms with van der Waals surface area (Å²) in [4.78, 5) is 10.7. The van der Waals surface area contributed by atoms with Crippen LogP contribution in [0.3, 0.4) is 0 Å². The van der Waals surface area contributed by atoms with Crippen molar-refractivity contribution in [2.24, 2.45) is 0 Å². The summed E-state index contributed by atoms with van der Waals surface area (Å²) in [6, 6.07) is 5.69. The molecule has 0 saturated carbocycles. The van der Waals surface area contributed by atoms with Gasteiger partial charge in [-0.25, -0.2) is 8.42 Å². The Bertz CT molecular complexity index is 554. The first kappa shape index (κ1) is 16.9. The van der Waals surface area contributed by atoms with E-state index in [-0.39, 0.29) is 30.3 Å². The second kappa shape index (κ2) is 7.06. The minimum Gasteiger partial charge on any atom is -0.481 e. The van der Waals surface area contributed by atoms with Crippen LogP contribution in [-0.2, 0) is 14.8 Å². The van der Waals surface area contributed by atoms with Crippen molar-refractivity contribution in [2.75, 3.05) is 6.54 Å². The molecule has 0 amide bonds. The molecule has 5 nitrogen and oxygen atoms in total. The van der Waals surface area contributed by atoms with Crippen molar-refractivity contribution in [2.45, 2.75) is 37.6 Å². The number of aliphatic carboxylic acids is 1. The summed E-state index contributed by atoms with van der Waals surface area (Å²) in [5.41, 5.74) is 0. The molecule has 0 aromatic heterocycles. The lowest BCUT2D eigenvalue weighted by atomic mass is 10.3. The first-order chi connectivity index (χ1) is 9.25. The molecule has 1 N–H and O–H groups in total. The zero-order chi connectivity index (χ0) is 15.3. The number of carboxylic acids is 1. The van der Waals surface area contributed by atoms with E-state index in [0.29, 0.717) is 5.02 Å². The fourth-order valence-electron chi connectivity index (χ4n) is 1.78. The van der Waals surface area contributed by atoms with E-state index in [1.54, 1.807) is 13.8 Å². The molecule has 0 heterocycles. The Labute approximate surface area is 124 Å². The highest BCUT2D eigenvalue weighted by atomic mass is 35.5. The first-order valence-electron chi connectivity index (χ1n) is 6.24. The average Bonchev–Trinajstić information content (AvgIpc) is 2.34. The lowest BCUT2D eigenvalue weighted by Crippen LogP contribution is -2.37. The number of carboxylic acid groups (broad SMARTS) is 1. The van der Waals surface area contributed by atoms with E-state index in [9.17, 15) is 13.2 Å². The number of halogens is 1. The number of nitrogens with zero attached hydrogens (tertiary/aromatic N) is 1. The molecule has 1 rings (SSSR count). The molecule has 0 aliphatic heterocycles. The quantitative estimate of drug-likeness (QED) is 0.838. The molecule has 0 unspecified atom stereocenters. The summed E-state index contributed by atoms with van der Waals surface area (Å²) < 4.78 is 26.3. The average molecular weight is 320 g/mol. The second-order valence-electron chi connectivity index (χ2n) is 4.66. The van der Waals surface area contributed by atoms with Crippen LogP contribution < -0.4 is 0 Å². The molecule has 1 aromatic rings. The van der Waals surface area contributed by atoms with Crippen LogP contribution in [0.15, 0.2) is 29.2 Å². The minimum atomic E-state index is -3.63. The molecule has 0 bridgehead atoms. The smallest absolute Gasteiger partial charge is 0.303 e.